The van der Waals surface area contributed by atoms with Crippen molar-refractivity contribution < 1.29 is 19.1 Å². The highest BCUT2D eigenvalue weighted by Crippen LogP contribution is 2.33. The van der Waals surface area contributed by atoms with Crippen LogP contribution in [0, 0.1) is 0 Å². The topological polar surface area (TPSA) is 106 Å². The fraction of sp³-hybridized carbons (Fsp3) is 0.250. The number of fused-ring (bicyclic) bond motifs is 1. The van der Waals surface area contributed by atoms with E-state index < -0.39 is 5.91 Å². The molecule has 178 valence electrons. The van der Waals surface area contributed by atoms with E-state index >= 15 is 0 Å². The maximum absolute atomic E-state index is 12.8. The number of esters is 1. The van der Waals surface area contributed by atoms with Gasteiger partial charge in [-0.05, 0) is 38.2 Å². The van der Waals surface area contributed by atoms with Gasteiger partial charge in [-0.3, -0.25) is 14.5 Å². The lowest BCUT2D eigenvalue weighted by atomic mass is 10.1. The van der Waals surface area contributed by atoms with Crippen molar-refractivity contribution in [3.05, 3.63) is 59.4 Å². The van der Waals surface area contributed by atoms with Crippen LogP contribution in [0.3, 0.4) is 0 Å². The molecule has 0 bridgehead atoms. The van der Waals surface area contributed by atoms with Gasteiger partial charge in [-0.1, -0.05) is 28.6 Å². The van der Waals surface area contributed by atoms with Crippen LogP contribution in [0.5, 0.6) is 5.75 Å². The molecule has 1 aromatic heterocycles. The van der Waals surface area contributed by atoms with Gasteiger partial charge < -0.3 is 20.1 Å². The summed E-state index contributed by atoms with van der Waals surface area (Å²) in [5.74, 6) is 0.265. The number of anilines is 3. The number of hydrogen-bond donors (Lipinski definition) is 2. The molecule has 0 saturated heterocycles. The van der Waals surface area contributed by atoms with Gasteiger partial charge in [0.2, 0.25) is 0 Å². The second-order valence-corrected chi connectivity index (χ2v) is 8.38. The molecule has 3 rings (SSSR count). The van der Waals surface area contributed by atoms with Gasteiger partial charge in [-0.15, -0.1) is 0 Å². The average Bonchev–Trinajstić information content (AvgIpc) is 2.79. The van der Waals surface area contributed by atoms with Crippen LogP contribution in [-0.4, -0.2) is 60.6 Å². The molecule has 0 aliphatic heterocycles. The number of ether oxygens (including phenoxy) is 2. The van der Waals surface area contributed by atoms with Gasteiger partial charge in [0.25, 0.3) is 5.91 Å². The van der Waals surface area contributed by atoms with Crippen molar-refractivity contribution in [1.29, 1.82) is 0 Å². The minimum absolute atomic E-state index is 0.0569. The molecule has 0 aliphatic rings. The van der Waals surface area contributed by atoms with Crippen LogP contribution in [0.1, 0.15) is 6.92 Å². The third-order valence-corrected chi connectivity index (χ3v) is 5.27. The molecule has 0 atom stereocenters. The van der Waals surface area contributed by atoms with Gasteiger partial charge in [0, 0.05) is 33.7 Å². The van der Waals surface area contributed by atoms with E-state index in [-0.39, 0.29) is 24.6 Å². The number of benzene rings is 2. The van der Waals surface area contributed by atoms with Crippen LogP contribution in [0.2, 0.25) is 0 Å². The third kappa shape index (κ3) is 6.52. The lowest BCUT2D eigenvalue weighted by Crippen LogP contribution is -2.31. The van der Waals surface area contributed by atoms with Crippen molar-refractivity contribution in [3.63, 3.8) is 0 Å². The number of carbonyl (C=O) groups is 2. The number of amides is 1. The first-order valence-electron chi connectivity index (χ1n) is 10.5. The van der Waals surface area contributed by atoms with E-state index in [0.717, 1.165) is 10.2 Å². The van der Waals surface area contributed by atoms with E-state index in [1.807, 2.05) is 24.3 Å². The van der Waals surface area contributed by atoms with E-state index in [1.54, 1.807) is 31.0 Å². The zero-order valence-electron chi connectivity index (χ0n) is 19.2. The maximum Gasteiger partial charge on any atom is 0.320 e. The molecular weight excluding hydrogens is 502 g/mol. The van der Waals surface area contributed by atoms with Crippen molar-refractivity contribution in [2.75, 3.05) is 44.5 Å². The molecule has 10 heteroatoms. The van der Waals surface area contributed by atoms with E-state index in [9.17, 15) is 9.59 Å². The minimum Gasteiger partial charge on any atom is -0.494 e. The number of rotatable bonds is 10. The van der Waals surface area contributed by atoms with Crippen LogP contribution in [-0.2, 0) is 14.3 Å². The SMILES string of the molecule is C=C(CN(C)CC(=O)OCC)C(=O)Nc1cc2c(Nc3cccc(Br)c3)ncnc2cc1OC. The van der Waals surface area contributed by atoms with Crippen LogP contribution < -0.4 is 15.4 Å². The lowest BCUT2D eigenvalue weighted by Gasteiger charge is -2.18. The Balaban J connectivity index is 1.81. The first kappa shape index (κ1) is 25.1. The summed E-state index contributed by atoms with van der Waals surface area (Å²) in [5.41, 5.74) is 2.22. The Labute approximate surface area is 206 Å². The molecule has 1 amide bonds. The number of nitrogens with zero attached hydrogens (tertiary/aromatic N) is 3. The Kier molecular flexibility index (Phi) is 8.55. The Morgan fingerprint density at radius 3 is 2.68 bits per heavy atom. The molecule has 2 aromatic carbocycles. The summed E-state index contributed by atoms with van der Waals surface area (Å²) in [7, 11) is 3.23. The highest BCUT2D eigenvalue weighted by molar-refractivity contribution is 9.10. The molecule has 0 saturated carbocycles. The van der Waals surface area contributed by atoms with Gasteiger partial charge in [-0.2, -0.15) is 0 Å². The molecule has 3 aromatic rings. The number of hydrogen-bond acceptors (Lipinski definition) is 8. The minimum atomic E-state index is -0.397. The normalized spacial score (nSPS) is 10.7. The molecule has 9 nitrogen and oxygen atoms in total. The molecule has 0 fully saturated rings. The van der Waals surface area contributed by atoms with Crippen LogP contribution >= 0.6 is 15.9 Å². The Bertz CT molecular complexity index is 1220. The predicted molar refractivity (Wildman–Crippen MR) is 135 cm³/mol. The quantitative estimate of drug-likeness (QED) is 0.299. The molecule has 0 radical (unpaired) electrons. The Hall–Kier alpha value is -3.50. The lowest BCUT2D eigenvalue weighted by molar-refractivity contribution is -0.144. The summed E-state index contributed by atoms with van der Waals surface area (Å²) >= 11 is 3.46. The highest BCUT2D eigenvalue weighted by atomic mass is 79.9. The number of aromatic nitrogens is 2. The second-order valence-electron chi connectivity index (χ2n) is 7.46. The third-order valence-electron chi connectivity index (χ3n) is 4.78. The molecule has 1 heterocycles. The van der Waals surface area contributed by atoms with Crippen molar-refractivity contribution in [3.8, 4) is 5.75 Å². The Morgan fingerprint density at radius 2 is 1.97 bits per heavy atom. The Morgan fingerprint density at radius 1 is 1.18 bits per heavy atom. The van der Waals surface area contributed by atoms with Gasteiger partial charge in [0.15, 0.2) is 0 Å². The average molecular weight is 528 g/mol. The maximum atomic E-state index is 12.8. The summed E-state index contributed by atoms with van der Waals surface area (Å²) in [5, 5.41) is 6.82. The van der Waals surface area contributed by atoms with E-state index in [2.05, 4.69) is 43.1 Å². The van der Waals surface area contributed by atoms with E-state index in [1.165, 1.54) is 13.4 Å². The van der Waals surface area contributed by atoms with Gasteiger partial charge >= 0.3 is 5.97 Å². The van der Waals surface area contributed by atoms with Crippen LogP contribution in [0.15, 0.2) is 59.4 Å². The van der Waals surface area contributed by atoms with Gasteiger partial charge in [-0.25, -0.2) is 9.97 Å². The zero-order valence-corrected chi connectivity index (χ0v) is 20.8. The molecule has 0 unspecified atom stereocenters. The number of carbonyl (C=O) groups excluding carboxylic acids is 2. The molecule has 2 N–H and O–H groups in total. The molecule has 34 heavy (non-hydrogen) atoms. The van der Waals surface area contributed by atoms with Gasteiger partial charge in [0.05, 0.1) is 31.5 Å². The van der Waals surface area contributed by atoms with E-state index in [0.29, 0.717) is 34.8 Å². The first-order valence-corrected chi connectivity index (χ1v) is 11.3. The number of halogens is 1. The summed E-state index contributed by atoms with van der Waals surface area (Å²) in [6.45, 7) is 6.15. The van der Waals surface area contributed by atoms with Crippen molar-refractivity contribution in [1.82, 2.24) is 14.9 Å². The predicted octanol–water partition coefficient (Wildman–Crippen LogP) is 4.13. The monoisotopic (exact) mass is 527 g/mol. The van der Waals surface area contributed by atoms with Gasteiger partial charge in [0.1, 0.15) is 17.9 Å². The zero-order chi connectivity index (χ0) is 24.7. The first-order chi connectivity index (χ1) is 16.3. The summed E-state index contributed by atoms with van der Waals surface area (Å²) in [6.07, 6.45) is 1.46. The van der Waals surface area contributed by atoms with Crippen molar-refractivity contribution in [2.45, 2.75) is 6.92 Å². The van der Waals surface area contributed by atoms with Crippen molar-refractivity contribution >= 4 is 55.9 Å². The summed E-state index contributed by atoms with van der Waals surface area (Å²) in [6, 6.07) is 11.2. The summed E-state index contributed by atoms with van der Waals surface area (Å²) in [4.78, 5) is 34.8. The van der Waals surface area contributed by atoms with Crippen LogP contribution in [0.4, 0.5) is 17.2 Å². The highest BCUT2D eigenvalue weighted by Gasteiger charge is 2.17. The standard InChI is InChI=1S/C24H26BrN5O4/c1-5-34-22(31)13-30(3)12-15(2)24(32)29-20-10-18-19(11-21(20)33-4)26-14-27-23(18)28-17-8-6-7-16(25)9-17/h6-11,14H,2,5,12-13H2,1,3-4H3,(H,29,32)(H,26,27,28). The van der Waals surface area contributed by atoms with E-state index in [4.69, 9.17) is 9.47 Å². The molecule has 0 spiro atoms. The number of nitrogens with one attached hydrogen (secondary N) is 2. The summed E-state index contributed by atoms with van der Waals surface area (Å²) < 4.78 is 11.3. The van der Waals surface area contributed by atoms with Crippen molar-refractivity contribution in [2.24, 2.45) is 0 Å². The fourth-order valence-electron chi connectivity index (χ4n) is 3.24. The number of likely N-dealkylation sites (N-methyl/N-ethyl adjacent to an activating group) is 1. The molecular formula is C24H26BrN5O4. The van der Waals surface area contributed by atoms with Crippen LogP contribution in [0.25, 0.3) is 10.9 Å². The smallest absolute Gasteiger partial charge is 0.320 e. The second kappa shape index (κ2) is 11.6. The largest absolute Gasteiger partial charge is 0.494 e. The fourth-order valence-corrected chi connectivity index (χ4v) is 3.64. The number of methoxy groups -OCH3 is 1. The molecule has 0 aliphatic carbocycles.